The summed E-state index contributed by atoms with van der Waals surface area (Å²) in [5.74, 6) is -0.610. The van der Waals surface area contributed by atoms with Crippen molar-refractivity contribution in [1.82, 2.24) is 5.32 Å². The van der Waals surface area contributed by atoms with Gasteiger partial charge in [-0.05, 0) is 64.2 Å². The molecule has 0 aliphatic heterocycles. The van der Waals surface area contributed by atoms with Crippen molar-refractivity contribution in [1.29, 1.82) is 0 Å². The van der Waals surface area contributed by atoms with Gasteiger partial charge in [0.05, 0.1) is 6.04 Å². The van der Waals surface area contributed by atoms with Crippen LogP contribution in [0.3, 0.4) is 0 Å². The zero-order valence-corrected chi connectivity index (χ0v) is 17.4. The molecule has 0 unspecified atom stereocenters. The van der Waals surface area contributed by atoms with E-state index >= 15 is 0 Å². The molecule has 29 heavy (non-hydrogen) atoms. The lowest BCUT2D eigenvalue weighted by atomic mass is 10.1. The summed E-state index contributed by atoms with van der Waals surface area (Å²) >= 11 is 0. The SMILES string of the molecule is CC(C)(C)OC(=O)N[C@@H](CCC(N)=O)COc1cccc(CCCCC(=O)O)c1. The number of nitrogens with one attached hydrogen (secondary N) is 1. The number of primary amides is 1. The largest absolute Gasteiger partial charge is 0.491 e. The average molecular weight is 408 g/mol. The van der Waals surface area contributed by atoms with Gasteiger partial charge in [0.2, 0.25) is 5.91 Å². The van der Waals surface area contributed by atoms with Gasteiger partial charge in [-0.1, -0.05) is 12.1 Å². The second-order valence-corrected chi connectivity index (χ2v) is 7.91. The topological polar surface area (TPSA) is 128 Å². The normalized spacial score (nSPS) is 12.1. The number of hydrogen-bond acceptors (Lipinski definition) is 5. The Bertz CT molecular complexity index is 684. The van der Waals surface area contributed by atoms with Gasteiger partial charge in [0.1, 0.15) is 18.0 Å². The highest BCUT2D eigenvalue weighted by atomic mass is 16.6. The van der Waals surface area contributed by atoms with Crippen LogP contribution in [0, 0.1) is 0 Å². The molecule has 8 heteroatoms. The molecule has 0 saturated heterocycles. The maximum absolute atomic E-state index is 12.0. The number of carboxylic acid groups (broad SMARTS) is 1. The second-order valence-electron chi connectivity index (χ2n) is 7.91. The van der Waals surface area contributed by atoms with E-state index in [-0.39, 0.29) is 19.4 Å². The molecule has 4 N–H and O–H groups in total. The second kappa shape index (κ2) is 11.9. The van der Waals surface area contributed by atoms with Gasteiger partial charge < -0.3 is 25.6 Å². The van der Waals surface area contributed by atoms with Crippen molar-refractivity contribution in [3.63, 3.8) is 0 Å². The predicted molar refractivity (Wildman–Crippen MR) is 109 cm³/mol. The molecular formula is C21H32N2O6. The van der Waals surface area contributed by atoms with E-state index in [0.29, 0.717) is 18.6 Å². The molecule has 1 rings (SSSR count). The molecule has 2 amide bonds. The fourth-order valence-corrected chi connectivity index (χ4v) is 2.58. The summed E-state index contributed by atoms with van der Waals surface area (Å²) in [5.41, 5.74) is 5.63. The molecule has 1 aromatic rings. The van der Waals surface area contributed by atoms with Crippen molar-refractivity contribution >= 4 is 18.0 Å². The summed E-state index contributed by atoms with van der Waals surface area (Å²) in [6, 6.07) is 7.08. The van der Waals surface area contributed by atoms with Crippen molar-refractivity contribution in [2.75, 3.05) is 6.61 Å². The van der Waals surface area contributed by atoms with Gasteiger partial charge >= 0.3 is 12.1 Å². The number of nitrogens with two attached hydrogens (primary N) is 1. The van der Waals surface area contributed by atoms with E-state index in [2.05, 4.69) is 5.32 Å². The van der Waals surface area contributed by atoms with Crippen LogP contribution in [0.25, 0.3) is 0 Å². The minimum atomic E-state index is -0.790. The van der Waals surface area contributed by atoms with Crippen LogP contribution in [0.4, 0.5) is 4.79 Å². The molecule has 0 aliphatic rings. The lowest BCUT2D eigenvalue weighted by Gasteiger charge is -2.23. The number of amides is 2. The number of aliphatic carboxylic acids is 1. The van der Waals surface area contributed by atoms with Crippen LogP contribution in [-0.2, 0) is 20.7 Å². The Morgan fingerprint density at radius 3 is 2.52 bits per heavy atom. The van der Waals surface area contributed by atoms with Crippen LogP contribution in [0.1, 0.15) is 58.4 Å². The zero-order chi connectivity index (χ0) is 21.9. The number of aryl methyl sites for hydroxylation is 1. The van der Waals surface area contributed by atoms with Crippen molar-refractivity contribution < 1.29 is 29.0 Å². The van der Waals surface area contributed by atoms with Crippen molar-refractivity contribution in [2.45, 2.75) is 70.9 Å². The zero-order valence-electron chi connectivity index (χ0n) is 17.4. The molecule has 1 atom stereocenters. The summed E-state index contributed by atoms with van der Waals surface area (Å²) in [6.07, 6.45) is 2.19. The highest BCUT2D eigenvalue weighted by molar-refractivity contribution is 5.74. The van der Waals surface area contributed by atoms with E-state index in [9.17, 15) is 14.4 Å². The fraction of sp³-hybridized carbons (Fsp3) is 0.571. The van der Waals surface area contributed by atoms with Gasteiger partial charge in [-0.15, -0.1) is 0 Å². The van der Waals surface area contributed by atoms with Crippen LogP contribution in [-0.4, -0.2) is 41.3 Å². The first-order chi connectivity index (χ1) is 13.5. The molecule has 8 nitrogen and oxygen atoms in total. The average Bonchev–Trinajstić information content (AvgIpc) is 2.59. The third-order valence-electron chi connectivity index (χ3n) is 3.92. The lowest BCUT2D eigenvalue weighted by molar-refractivity contribution is -0.137. The lowest BCUT2D eigenvalue weighted by Crippen LogP contribution is -2.42. The molecule has 162 valence electrons. The van der Waals surface area contributed by atoms with E-state index < -0.39 is 29.6 Å². The molecule has 0 fully saturated rings. The maximum Gasteiger partial charge on any atom is 0.407 e. The summed E-state index contributed by atoms with van der Waals surface area (Å²) in [4.78, 5) is 33.7. The van der Waals surface area contributed by atoms with E-state index in [1.54, 1.807) is 26.8 Å². The maximum atomic E-state index is 12.0. The predicted octanol–water partition coefficient (Wildman–Crippen LogP) is 3.02. The number of carbonyl (C=O) groups is 3. The molecule has 0 aromatic heterocycles. The molecule has 0 spiro atoms. The summed E-state index contributed by atoms with van der Waals surface area (Å²) < 4.78 is 11.1. The van der Waals surface area contributed by atoms with Gasteiger partial charge in [-0.2, -0.15) is 0 Å². The first kappa shape index (κ1) is 24.3. The Morgan fingerprint density at radius 1 is 1.17 bits per heavy atom. The smallest absolute Gasteiger partial charge is 0.407 e. The van der Waals surface area contributed by atoms with E-state index in [4.69, 9.17) is 20.3 Å². The van der Waals surface area contributed by atoms with E-state index in [0.717, 1.165) is 18.4 Å². The third kappa shape index (κ3) is 12.3. The van der Waals surface area contributed by atoms with Crippen LogP contribution in [0.2, 0.25) is 0 Å². The number of hydrogen-bond donors (Lipinski definition) is 3. The van der Waals surface area contributed by atoms with Gasteiger partial charge in [-0.25, -0.2) is 4.79 Å². The number of carboxylic acids is 1. The van der Waals surface area contributed by atoms with Gasteiger partial charge in [0.15, 0.2) is 0 Å². The first-order valence-electron chi connectivity index (χ1n) is 9.76. The van der Waals surface area contributed by atoms with E-state index in [1.807, 2.05) is 18.2 Å². The molecule has 0 heterocycles. The molecule has 0 aliphatic carbocycles. The van der Waals surface area contributed by atoms with Crippen molar-refractivity contribution in [3.8, 4) is 5.75 Å². The van der Waals surface area contributed by atoms with Gasteiger partial charge in [0, 0.05) is 12.8 Å². The fourth-order valence-electron chi connectivity index (χ4n) is 2.58. The number of rotatable bonds is 12. The molecule has 1 aromatic carbocycles. The van der Waals surface area contributed by atoms with Crippen LogP contribution in [0.15, 0.2) is 24.3 Å². The Balaban J connectivity index is 2.60. The molecule has 0 bridgehead atoms. The Kier molecular flexibility index (Phi) is 9.99. The van der Waals surface area contributed by atoms with Crippen molar-refractivity contribution in [3.05, 3.63) is 29.8 Å². The van der Waals surface area contributed by atoms with Crippen LogP contribution < -0.4 is 15.8 Å². The minimum Gasteiger partial charge on any atom is -0.491 e. The molecule has 0 radical (unpaired) electrons. The Hall–Kier alpha value is -2.77. The number of unbranched alkanes of at least 4 members (excludes halogenated alkanes) is 1. The van der Waals surface area contributed by atoms with E-state index in [1.165, 1.54) is 0 Å². The van der Waals surface area contributed by atoms with Crippen LogP contribution >= 0.6 is 0 Å². The van der Waals surface area contributed by atoms with Crippen molar-refractivity contribution in [2.24, 2.45) is 5.73 Å². The Labute approximate surface area is 171 Å². The number of benzene rings is 1. The number of carbonyl (C=O) groups excluding carboxylic acids is 2. The summed E-state index contributed by atoms with van der Waals surface area (Å²) in [5, 5.41) is 11.4. The van der Waals surface area contributed by atoms with Gasteiger partial charge in [-0.3, -0.25) is 9.59 Å². The summed E-state index contributed by atoms with van der Waals surface area (Å²) in [7, 11) is 0. The van der Waals surface area contributed by atoms with Crippen LogP contribution in [0.5, 0.6) is 5.75 Å². The number of ether oxygens (including phenoxy) is 2. The highest BCUT2D eigenvalue weighted by Gasteiger charge is 2.20. The first-order valence-corrected chi connectivity index (χ1v) is 9.76. The third-order valence-corrected chi connectivity index (χ3v) is 3.92. The Morgan fingerprint density at radius 2 is 1.90 bits per heavy atom. The monoisotopic (exact) mass is 408 g/mol. The standard InChI is InChI=1S/C21H32N2O6/c1-21(2,3)29-20(27)23-16(11-12-18(22)24)14-28-17-9-6-8-15(13-17)7-4-5-10-19(25)26/h6,8-9,13,16H,4-5,7,10-12,14H2,1-3H3,(H2,22,24)(H,23,27)(H,25,26)/t16-/m0/s1. The number of alkyl carbamates (subject to hydrolysis) is 1. The molecular weight excluding hydrogens is 376 g/mol. The minimum absolute atomic E-state index is 0.118. The highest BCUT2D eigenvalue weighted by Crippen LogP contribution is 2.16. The summed E-state index contributed by atoms with van der Waals surface area (Å²) in [6.45, 7) is 5.46. The molecule has 0 saturated carbocycles. The quantitative estimate of drug-likeness (QED) is 0.456. The van der Waals surface area contributed by atoms with Gasteiger partial charge in [0.25, 0.3) is 0 Å².